The summed E-state index contributed by atoms with van der Waals surface area (Å²) in [4.78, 5) is 26.3. The second-order valence-corrected chi connectivity index (χ2v) is 9.57. The number of piperazine rings is 1. The zero-order valence-corrected chi connectivity index (χ0v) is 20.7. The number of aromatic nitrogens is 5. The van der Waals surface area contributed by atoms with Crippen molar-refractivity contribution in [2.24, 2.45) is 0 Å². The van der Waals surface area contributed by atoms with E-state index >= 15 is 0 Å². The molecule has 0 unspecified atom stereocenters. The fourth-order valence-electron chi connectivity index (χ4n) is 3.84. The fourth-order valence-corrected chi connectivity index (χ4v) is 4.90. The first kappa shape index (κ1) is 22.5. The van der Waals surface area contributed by atoms with Crippen LogP contribution in [0.4, 0.5) is 5.69 Å². The number of hydrogen-bond acceptors (Lipinski definition) is 7. The SMILES string of the molecule is O=C(c1nnn(-c2ccc(Br)cc2)c1CSc1ncccn1)N1CCN(c2ccccc2)CC1. The van der Waals surface area contributed by atoms with Crippen LogP contribution in [0.15, 0.2) is 82.7 Å². The Morgan fingerprint density at radius 2 is 1.59 bits per heavy atom. The molecule has 1 amide bonds. The molecule has 172 valence electrons. The van der Waals surface area contributed by atoms with Crippen LogP contribution in [-0.4, -0.2) is 61.9 Å². The van der Waals surface area contributed by atoms with Crippen molar-refractivity contribution in [3.05, 3.63) is 88.9 Å². The quantitative estimate of drug-likeness (QED) is 0.272. The van der Waals surface area contributed by atoms with E-state index in [2.05, 4.69) is 53.2 Å². The van der Waals surface area contributed by atoms with Crippen molar-refractivity contribution in [3.8, 4) is 5.69 Å². The first-order valence-corrected chi connectivity index (χ1v) is 12.7. The minimum absolute atomic E-state index is 0.0966. The van der Waals surface area contributed by atoms with Crippen LogP contribution in [0.1, 0.15) is 16.2 Å². The molecule has 1 aliphatic rings. The number of anilines is 1. The van der Waals surface area contributed by atoms with Crippen LogP contribution in [0.2, 0.25) is 0 Å². The third-order valence-electron chi connectivity index (χ3n) is 5.61. The van der Waals surface area contributed by atoms with Gasteiger partial charge in [0.05, 0.1) is 11.4 Å². The summed E-state index contributed by atoms with van der Waals surface area (Å²) in [7, 11) is 0. The molecule has 8 nitrogen and oxygen atoms in total. The summed E-state index contributed by atoms with van der Waals surface area (Å²) in [6, 6.07) is 19.8. The van der Waals surface area contributed by atoms with Gasteiger partial charge in [0, 0.05) is 54.5 Å². The standard InChI is InChI=1S/C24H22BrN7OS/c25-18-7-9-20(10-8-18)32-21(17-34-24-26-11-4-12-27-24)22(28-29-32)23(33)31-15-13-30(14-16-31)19-5-2-1-3-6-19/h1-12H,13-17H2. The highest BCUT2D eigenvalue weighted by molar-refractivity contribution is 9.10. The highest BCUT2D eigenvalue weighted by Crippen LogP contribution is 2.25. The van der Waals surface area contributed by atoms with Gasteiger partial charge in [0.15, 0.2) is 10.9 Å². The monoisotopic (exact) mass is 535 g/mol. The van der Waals surface area contributed by atoms with E-state index < -0.39 is 0 Å². The highest BCUT2D eigenvalue weighted by atomic mass is 79.9. The molecular formula is C24H22BrN7OS. The predicted octanol–water partition coefficient (Wildman–Crippen LogP) is 4.07. The lowest BCUT2D eigenvalue weighted by Gasteiger charge is -2.35. The Kier molecular flexibility index (Phi) is 6.87. The van der Waals surface area contributed by atoms with Gasteiger partial charge in [-0.25, -0.2) is 14.6 Å². The molecule has 1 aliphatic heterocycles. The summed E-state index contributed by atoms with van der Waals surface area (Å²) < 4.78 is 2.70. The first-order valence-electron chi connectivity index (χ1n) is 10.9. The number of halogens is 1. The number of amides is 1. The van der Waals surface area contributed by atoms with Crippen molar-refractivity contribution < 1.29 is 4.79 Å². The third-order valence-corrected chi connectivity index (χ3v) is 7.02. The van der Waals surface area contributed by atoms with Crippen molar-refractivity contribution in [1.29, 1.82) is 0 Å². The van der Waals surface area contributed by atoms with Crippen LogP contribution in [-0.2, 0) is 5.75 Å². The number of benzene rings is 2. The summed E-state index contributed by atoms with van der Waals surface area (Å²) in [6.07, 6.45) is 3.41. The fraction of sp³-hybridized carbons (Fsp3) is 0.208. The van der Waals surface area contributed by atoms with E-state index in [1.807, 2.05) is 47.4 Å². The van der Waals surface area contributed by atoms with Crippen LogP contribution in [0.5, 0.6) is 0 Å². The van der Waals surface area contributed by atoms with Gasteiger partial charge in [-0.2, -0.15) is 0 Å². The minimum Gasteiger partial charge on any atom is -0.368 e. The largest absolute Gasteiger partial charge is 0.368 e. The maximum atomic E-state index is 13.5. The zero-order chi connectivity index (χ0) is 23.3. The van der Waals surface area contributed by atoms with Gasteiger partial charge in [-0.05, 0) is 42.5 Å². The Bertz CT molecular complexity index is 1240. The molecule has 2 aromatic carbocycles. The maximum absolute atomic E-state index is 13.5. The molecule has 2 aromatic heterocycles. The second-order valence-electron chi connectivity index (χ2n) is 7.71. The normalized spacial score (nSPS) is 13.8. The van der Waals surface area contributed by atoms with Crippen molar-refractivity contribution in [1.82, 2.24) is 29.9 Å². The van der Waals surface area contributed by atoms with E-state index in [0.29, 0.717) is 29.7 Å². The Labute approximate surface area is 210 Å². The van der Waals surface area contributed by atoms with Gasteiger partial charge in [0.2, 0.25) is 0 Å². The van der Waals surface area contributed by atoms with E-state index in [1.54, 1.807) is 23.1 Å². The van der Waals surface area contributed by atoms with Gasteiger partial charge in [-0.1, -0.05) is 51.1 Å². The van der Waals surface area contributed by atoms with E-state index in [9.17, 15) is 4.79 Å². The molecular weight excluding hydrogens is 514 g/mol. The van der Waals surface area contributed by atoms with Crippen molar-refractivity contribution >= 4 is 39.3 Å². The van der Waals surface area contributed by atoms with Gasteiger partial charge in [0.1, 0.15) is 0 Å². The Morgan fingerprint density at radius 1 is 0.882 bits per heavy atom. The smallest absolute Gasteiger partial charge is 0.276 e. The van der Waals surface area contributed by atoms with E-state index in [0.717, 1.165) is 28.9 Å². The molecule has 1 fully saturated rings. The highest BCUT2D eigenvalue weighted by Gasteiger charge is 2.28. The summed E-state index contributed by atoms with van der Waals surface area (Å²) in [5.74, 6) is 0.374. The average molecular weight is 536 g/mol. The molecule has 0 aliphatic carbocycles. The van der Waals surface area contributed by atoms with Gasteiger partial charge < -0.3 is 9.80 Å². The number of carbonyl (C=O) groups is 1. The Morgan fingerprint density at radius 3 is 2.29 bits per heavy atom. The Hall–Kier alpha value is -3.24. The van der Waals surface area contributed by atoms with E-state index in [4.69, 9.17) is 0 Å². The average Bonchev–Trinajstić information content (AvgIpc) is 3.32. The first-order chi connectivity index (χ1) is 16.7. The number of hydrogen-bond donors (Lipinski definition) is 0. The Balaban J connectivity index is 1.38. The second kappa shape index (κ2) is 10.4. The van der Waals surface area contributed by atoms with Crippen LogP contribution in [0.25, 0.3) is 5.69 Å². The lowest BCUT2D eigenvalue weighted by molar-refractivity contribution is 0.0740. The number of para-hydroxylation sites is 1. The van der Waals surface area contributed by atoms with Crippen molar-refractivity contribution in [2.75, 3.05) is 31.1 Å². The summed E-state index contributed by atoms with van der Waals surface area (Å²) >= 11 is 4.92. The number of rotatable bonds is 6. The van der Waals surface area contributed by atoms with Crippen molar-refractivity contribution in [3.63, 3.8) is 0 Å². The van der Waals surface area contributed by atoms with Crippen LogP contribution in [0, 0.1) is 0 Å². The van der Waals surface area contributed by atoms with E-state index in [1.165, 1.54) is 17.4 Å². The predicted molar refractivity (Wildman–Crippen MR) is 135 cm³/mol. The summed E-state index contributed by atoms with van der Waals surface area (Å²) in [5.41, 5.74) is 3.12. The molecule has 4 aromatic rings. The molecule has 1 saturated heterocycles. The molecule has 3 heterocycles. The van der Waals surface area contributed by atoms with Gasteiger partial charge in [-0.3, -0.25) is 4.79 Å². The lowest BCUT2D eigenvalue weighted by atomic mass is 10.2. The van der Waals surface area contributed by atoms with Crippen LogP contribution >= 0.6 is 27.7 Å². The summed E-state index contributed by atoms with van der Waals surface area (Å²) in [5, 5.41) is 9.31. The molecule has 0 saturated carbocycles. The number of thioether (sulfide) groups is 1. The van der Waals surface area contributed by atoms with Gasteiger partial charge in [-0.15, -0.1) is 5.10 Å². The molecule has 34 heavy (non-hydrogen) atoms. The molecule has 5 rings (SSSR count). The lowest BCUT2D eigenvalue weighted by Crippen LogP contribution is -2.49. The topological polar surface area (TPSA) is 80.0 Å². The van der Waals surface area contributed by atoms with E-state index in [-0.39, 0.29) is 5.91 Å². The van der Waals surface area contributed by atoms with Crippen molar-refractivity contribution in [2.45, 2.75) is 10.9 Å². The molecule has 0 bridgehead atoms. The van der Waals surface area contributed by atoms with Gasteiger partial charge >= 0.3 is 0 Å². The molecule has 0 spiro atoms. The molecule has 10 heteroatoms. The van der Waals surface area contributed by atoms with Crippen LogP contribution in [0.3, 0.4) is 0 Å². The summed E-state index contributed by atoms with van der Waals surface area (Å²) in [6.45, 7) is 2.82. The minimum atomic E-state index is -0.0966. The number of nitrogens with zero attached hydrogens (tertiary/aromatic N) is 7. The third kappa shape index (κ3) is 4.97. The zero-order valence-electron chi connectivity index (χ0n) is 18.3. The number of carbonyl (C=O) groups excluding carboxylic acids is 1. The molecule has 0 atom stereocenters. The molecule has 0 radical (unpaired) electrons. The van der Waals surface area contributed by atoms with Crippen LogP contribution < -0.4 is 4.90 Å². The van der Waals surface area contributed by atoms with Gasteiger partial charge in [0.25, 0.3) is 5.91 Å². The molecule has 0 N–H and O–H groups in total. The maximum Gasteiger partial charge on any atom is 0.276 e.